The summed E-state index contributed by atoms with van der Waals surface area (Å²) in [6.45, 7) is 1.62. The minimum Gasteiger partial charge on any atom is -0.347 e. The van der Waals surface area contributed by atoms with Crippen LogP contribution >= 0.6 is 0 Å². The molecule has 1 saturated heterocycles. The lowest BCUT2D eigenvalue weighted by molar-refractivity contribution is -0.134. The summed E-state index contributed by atoms with van der Waals surface area (Å²) >= 11 is 0. The van der Waals surface area contributed by atoms with Crippen LogP contribution in [-0.2, 0) is 4.79 Å². The smallest absolute Gasteiger partial charge is 0.274 e. The average molecular weight is 263 g/mol. The average Bonchev–Trinajstić information content (AvgIpc) is 2.46. The van der Waals surface area contributed by atoms with Crippen LogP contribution in [-0.4, -0.2) is 71.4 Å². The van der Waals surface area contributed by atoms with Crippen molar-refractivity contribution in [3.05, 3.63) is 24.3 Å². The number of carbonyl (C=O) groups is 2. The quantitative estimate of drug-likeness (QED) is 0.739. The lowest BCUT2D eigenvalue weighted by atomic mass is 10.1. The third kappa shape index (κ3) is 2.87. The predicted octanol–water partition coefficient (Wildman–Crippen LogP) is -1.02. The van der Waals surface area contributed by atoms with E-state index in [9.17, 15) is 9.59 Å². The summed E-state index contributed by atoms with van der Waals surface area (Å²) in [4.78, 5) is 35.4. The fraction of sp³-hybridized carbons (Fsp3) is 0.500. The molecule has 1 unspecified atom stereocenters. The molecule has 0 radical (unpaired) electrons. The minimum atomic E-state index is -0.488. The molecule has 1 fully saturated rings. The molecule has 1 atom stereocenters. The molecule has 2 amide bonds. The van der Waals surface area contributed by atoms with E-state index in [0.29, 0.717) is 19.6 Å². The van der Waals surface area contributed by atoms with Gasteiger partial charge in [-0.2, -0.15) is 0 Å². The summed E-state index contributed by atoms with van der Waals surface area (Å²) in [6, 6.07) is -0.488. The van der Waals surface area contributed by atoms with Gasteiger partial charge in [0.1, 0.15) is 11.7 Å². The Bertz CT molecular complexity index is 462. The molecular formula is C12H17N5O2. The second kappa shape index (κ2) is 5.75. The number of piperazine rings is 1. The third-order valence-corrected chi connectivity index (χ3v) is 3.01. The van der Waals surface area contributed by atoms with Gasteiger partial charge in [0, 0.05) is 46.1 Å². The van der Waals surface area contributed by atoms with Crippen molar-refractivity contribution < 1.29 is 9.59 Å². The van der Waals surface area contributed by atoms with Crippen molar-refractivity contribution >= 4 is 11.8 Å². The van der Waals surface area contributed by atoms with Crippen LogP contribution in [0.3, 0.4) is 0 Å². The van der Waals surface area contributed by atoms with Gasteiger partial charge in [0.25, 0.3) is 5.91 Å². The van der Waals surface area contributed by atoms with Gasteiger partial charge >= 0.3 is 0 Å². The summed E-state index contributed by atoms with van der Waals surface area (Å²) in [7, 11) is 3.36. The second-order valence-electron chi connectivity index (χ2n) is 4.54. The lowest BCUT2D eigenvalue weighted by Crippen LogP contribution is -2.59. The third-order valence-electron chi connectivity index (χ3n) is 3.01. The largest absolute Gasteiger partial charge is 0.347 e. The van der Waals surface area contributed by atoms with Crippen molar-refractivity contribution in [1.82, 2.24) is 25.1 Å². The molecule has 19 heavy (non-hydrogen) atoms. The van der Waals surface area contributed by atoms with E-state index in [4.69, 9.17) is 0 Å². The first-order valence-corrected chi connectivity index (χ1v) is 6.10. The molecule has 1 aliphatic heterocycles. The van der Waals surface area contributed by atoms with Gasteiger partial charge in [0.05, 0.1) is 6.20 Å². The summed E-state index contributed by atoms with van der Waals surface area (Å²) in [5.74, 6) is -0.348. The van der Waals surface area contributed by atoms with Crippen LogP contribution in [0.4, 0.5) is 0 Å². The first-order chi connectivity index (χ1) is 9.11. The van der Waals surface area contributed by atoms with Gasteiger partial charge in [-0.05, 0) is 0 Å². The standard InChI is InChI=1S/C12H17N5O2/c1-16(2)12(19)10-8-14-5-6-17(10)11(18)9-7-13-3-4-15-9/h3-4,7,10,14H,5-6,8H2,1-2H3. The fourth-order valence-electron chi connectivity index (χ4n) is 2.02. The molecule has 2 heterocycles. The van der Waals surface area contributed by atoms with Crippen LogP contribution in [0.1, 0.15) is 10.5 Å². The predicted molar refractivity (Wildman–Crippen MR) is 68.4 cm³/mol. The normalized spacial score (nSPS) is 19.1. The number of nitrogens with one attached hydrogen (secondary N) is 1. The number of carbonyl (C=O) groups excluding carboxylic acids is 2. The second-order valence-corrected chi connectivity index (χ2v) is 4.54. The van der Waals surface area contributed by atoms with E-state index in [1.165, 1.54) is 23.5 Å². The summed E-state index contributed by atoms with van der Waals surface area (Å²) in [6.07, 6.45) is 4.40. The maximum Gasteiger partial charge on any atom is 0.274 e. The zero-order chi connectivity index (χ0) is 13.8. The zero-order valence-corrected chi connectivity index (χ0v) is 11.0. The van der Waals surface area contributed by atoms with E-state index < -0.39 is 6.04 Å². The molecule has 0 aliphatic carbocycles. The number of hydrogen-bond acceptors (Lipinski definition) is 5. The molecule has 1 aromatic heterocycles. The number of likely N-dealkylation sites (N-methyl/N-ethyl adjacent to an activating group) is 1. The highest BCUT2D eigenvalue weighted by Gasteiger charge is 2.33. The Morgan fingerprint density at radius 1 is 1.42 bits per heavy atom. The first-order valence-electron chi connectivity index (χ1n) is 6.10. The Kier molecular flexibility index (Phi) is 4.06. The maximum atomic E-state index is 12.4. The number of rotatable bonds is 2. The van der Waals surface area contributed by atoms with Crippen molar-refractivity contribution in [2.45, 2.75) is 6.04 Å². The zero-order valence-electron chi connectivity index (χ0n) is 11.0. The number of nitrogens with zero attached hydrogens (tertiary/aromatic N) is 4. The summed E-state index contributed by atoms with van der Waals surface area (Å²) in [5.41, 5.74) is 0.265. The van der Waals surface area contributed by atoms with Crippen molar-refractivity contribution in [3.63, 3.8) is 0 Å². The monoisotopic (exact) mass is 263 g/mol. The van der Waals surface area contributed by atoms with Gasteiger partial charge in [-0.25, -0.2) is 4.98 Å². The highest BCUT2D eigenvalue weighted by atomic mass is 16.2. The topological polar surface area (TPSA) is 78.4 Å². The molecule has 102 valence electrons. The minimum absolute atomic E-state index is 0.0931. The Morgan fingerprint density at radius 2 is 2.21 bits per heavy atom. The van der Waals surface area contributed by atoms with Crippen molar-refractivity contribution in [2.75, 3.05) is 33.7 Å². The van der Waals surface area contributed by atoms with Crippen LogP contribution in [0.2, 0.25) is 0 Å². The van der Waals surface area contributed by atoms with Crippen LogP contribution in [0.15, 0.2) is 18.6 Å². The fourth-order valence-corrected chi connectivity index (χ4v) is 2.02. The van der Waals surface area contributed by atoms with Crippen LogP contribution < -0.4 is 5.32 Å². The van der Waals surface area contributed by atoms with Crippen LogP contribution in [0, 0.1) is 0 Å². The summed E-state index contributed by atoms with van der Waals surface area (Å²) in [5, 5.41) is 3.13. The van der Waals surface area contributed by atoms with E-state index >= 15 is 0 Å². The van der Waals surface area contributed by atoms with E-state index in [1.807, 2.05) is 0 Å². The molecule has 7 nitrogen and oxygen atoms in total. The van der Waals surface area contributed by atoms with E-state index in [0.717, 1.165) is 0 Å². The van der Waals surface area contributed by atoms with Crippen molar-refractivity contribution in [1.29, 1.82) is 0 Å². The Morgan fingerprint density at radius 3 is 2.84 bits per heavy atom. The molecule has 1 aromatic rings. The van der Waals surface area contributed by atoms with Crippen LogP contribution in [0.25, 0.3) is 0 Å². The highest BCUT2D eigenvalue weighted by Crippen LogP contribution is 2.10. The van der Waals surface area contributed by atoms with E-state index in [-0.39, 0.29) is 17.5 Å². The SMILES string of the molecule is CN(C)C(=O)C1CNCCN1C(=O)c1cnccn1. The maximum absolute atomic E-state index is 12.4. The van der Waals surface area contributed by atoms with Crippen LogP contribution in [0.5, 0.6) is 0 Å². The van der Waals surface area contributed by atoms with Gasteiger partial charge < -0.3 is 15.1 Å². The Hall–Kier alpha value is -2.02. The molecular weight excluding hydrogens is 246 g/mol. The molecule has 0 bridgehead atoms. The lowest BCUT2D eigenvalue weighted by Gasteiger charge is -2.36. The van der Waals surface area contributed by atoms with E-state index in [2.05, 4.69) is 15.3 Å². The van der Waals surface area contributed by atoms with E-state index in [1.54, 1.807) is 19.0 Å². The molecule has 0 aromatic carbocycles. The Labute approximate surface area is 111 Å². The first kappa shape index (κ1) is 13.4. The molecule has 2 rings (SSSR count). The van der Waals surface area contributed by atoms with Crippen molar-refractivity contribution in [2.24, 2.45) is 0 Å². The molecule has 7 heteroatoms. The molecule has 1 aliphatic rings. The number of aromatic nitrogens is 2. The molecule has 0 saturated carbocycles. The van der Waals surface area contributed by atoms with Gasteiger partial charge in [0.2, 0.25) is 5.91 Å². The van der Waals surface area contributed by atoms with Gasteiger partial charge in [0.15, 0.2) is 0 Å². The Balaban J connectivity index is 2.20. The highest BCUT2D eigenvalue weighted by molar-refractivity contribution is 5.96. The van der Waals surface area contributed by atoms with Gasteiger partial charge in [-0.3, -0.25) is 14.6 Å². The van der Waals surface area contributed by atoms with Crippen molar-refractivity contribution in [3.8, 4) is 0 Å². The molecule has 1 N–H and O–H groups in total. The molecule has 0 spiro atoms. The number of amides is 2. The van der Waals surface area contributed by atoms with Gasteiger partial charge in [-0.1, -0.05) is 0 Å². The summed E-state index contributed by atoms with van der Waals surface area (Å²) < 4.78 is 0. The number of hydrogen-bond donors (Lipinski definition) is 1. The van der Waals surface area contributed by atoms with Gasteiger partial charge in [-0.15, -0.1) is 0 Å².